The largest absolute Gasteiger partial charge is 0.366 e. The van der Waals surface area contributed by atoms with Crippen LogP contribution >= 0.6 is 11.6 Å². The number of para-hydroxylation sites is 1. The number of nitrogens with zero attached hydrogens (tertiary/aromatic N) is 1. The highest BCUT2D eigenvalue weighted by Crippen LogP contribution is 2.26. The van der Waals surface area contributed by atoms with Crippen LogP contribution in [0, 0.1) is 6.92 Å². The van der Waals surface area contributed by atoms with Crippen LogP contribution in [-0.2, 0) is 0 Å². The molecule has 110 valence electrons. The summed E-state index contributed by atoms with van der Waals surface area (Å²) in [5, 5.41) is 1.15. The van der Waals surface area contributed by atoms with Crippen LogP contribution in [0.3, 0.4) is 0 Å². The van der Waals surface area contributed by atoms with Gasteiger partial charge < -0.3 is 5.73 Å². The highest BCUT2D eigenvalue weighted by atomic mass is 35.5. The van der Waals surface area contributed by atoms with Crippen molar-refractivity contribution in [2.75, 3.05) is 0 Å². The van der Waals surface area contributed by atoms with E-state index in [9.17, 15) is 9.59 Å². The van der Waals surface area contributed by atoms with Crippen molar-refractivity contribution in [2.45, 2.75) is 6.92 Å². The van der Waals surface area contributed by atoms with Crippen molar-refractivity contribution in [1.82, 2.24) is 4.57 Å². The normalized spacial score (nSPS) is 10.8. The van der Waals surface area contributed by atoms with Crippen LogP contribution in [0.1, 0.15) is 26.4 Å². The van der Waals surface area contributed by atoms with Crippen molar-refractivity contribution in [3.63, 3.8) is 0 Å². The van der Waals surface area contributed by atoms with Gasteiger partial charge in [0, 0.05) is 21.7 Å². The number of benzene rings is 2. The number of aromatic nitrogens is 1. The van der Waals surface area contributed by atoms with Gasteiger partial charge in [0.05, 0.1) is 11.1 Å². The lowest BCUT2D eigenvalue weighted by Gasteiger charge is -2.07. The summed E-state index contributed by atoms with van der Waals surface area (Å²) in [6, 6.07) is 13.9. The summed E-state index contributed by atoms with van der Waals surface area (Å²) < 4.78 is 1.50. The molecule has 0 aliphatic heterocycles. The zero-order chi connectivity index (χ0) is 15.9. The Morgan fingerprint density at radius 1 is 1.09 bits per heavy atom. The first-order valence-electron chi connectivity index (χ1n) is 6.71. The van der Waals surface area contributed by atoms with Crippen molar-refractivity contribution >= 4 is 34.3 Å². The molecule has 0 spiro atoms. The molecular formula is C17H13ClN2O2. The SMILES string of the molecule is Cc1c(C(N)=O)c2ccccc2n1C(=O)c1cccc(Cl)c1. The van der Waals surface area contributed by atoms with Crippen molar-refractivity contribution in [3.8, 4) is 0 Å². The lowest BCUT2D eigenvalue weighted by atomic mass is 10.1. The summed E-state index contributed by atoms with van der Waals surface area (Å²) in [4.78, 5) is 24.6. The number of primary amides is 1. The molecule has 2 aromatic carbocycles. The van der Waals surface area contributed by atoms with Crippen LogP contribution < -0.4 is 5.73 Å². The number of hydrogen-bond donors (Lipinski definition) is 1. The van der Waals surface area contributed by atoms with Gasteiger partial charge in [-0.3, -0.25) is 14.2 Å². The van der Waals surface area contributed by atoms with Crippen molar-refractivity contribution in [1.29, 1.82) is 0 Å². The Kier molecular flexibility index (Phi) is 3.47. The Morgan fingerprint density at radius 3 is 2.50 bits per heavy atom. The molecule has 5 heteroatoms. The fourth-order valence-electron chi connectivity index (χ4n) is 2.69. The average Bonchev–Trinajstić information content (AvgIpc) is 2.78. The molecule has 0 saturated carbocycles. The molecule has 0 unspecified atom stereocenters. The van der Waals surface area contributed by atoms with Gasteiger partial charge in [0.25, 0.3) is 11.8 Å². The molecule has 0 fully saturated rings. The first-order valence-corrected chi connectivity index (χ1v) is 7.08. The summed E-state index contributed by atoms with van der Waals surface area (Å²) in [6.45, 7) is 1.71. The van der Waals surface area contributed by atoms with Gasteiger partial charge in [0.2, 0.25) is 0 Å². The zero-order valence-corrected chi connectivity index (χ0v) is 12.6. The maximum Gasteiger partial charge on any atom is 0.262 e. The molecule has 1 amide bonds. The molecule has 0 radical (unpaired) electrons. The molecule has 0 atom stereocenters. The number of halogens is 1. The molecule has 3 rings (SSSR count). The minimum absolute atomic E-state index is 0.247. The average molecular weight is 313 g/mol. The van der Waals surface area contributed by atoms with Gasteiger partial charge in [-0.1, -0.05) is 35.9 Å². The highest BCUT2D eigenvalue weighted by molar-refractivity contribution is 6.31. The van der Waals surface area contributed by atoms with E-state index in [4.69, 9.17) is 17.3 Å². The fourth-order valence-corrected chi connectivity index (χ4v) is 2.88. The number of fused-ring (bicyclic) bond motifs is 1. The summed E-state index contributed by atoms with van der Waals surface area (Å²) in [5.41, 5.74) is 7.47. The number of carbonyl (C=O) groups excluding carboxylic acids is 2. The van der Waals surface area contributed by atoms with Crippen LogP contribution in [-0.4, -0.2) is 16.4 Å². The van der Waals surface area contributed by atoms with E-state index in [0.29, 0.717) is 32.7 Å². The van der Waals surface area contributed by atoms with Crippen LogP contribution in [0.15, 0.2) is 48.5 Å². The third-order valence-corrected chi connectivity index (χ3v) is 3.87. The topological polar surface area (TPSA) is 65.1 Å². The van der Waals surface area contributed by atoms with Gasteiger partial charge in [0.15, 0.2) is 0 Å². The highest BCUT2D eigenvalue weighted by Gasteiger charge is 2.22. The van der Waals surface area contributed by atoms with Gasteiger partial charge in [-0.15, -0.1) is 0 Å². The molecule has 1 heterocycles. The second kappa shape index (κ2) is 5.31. The fraction of sp³-hybridized carbons (Fsp3) is 0.0588. The molecule has 22 heavy (non-hydrogen) atoms. The van der Waals surface area contributed by atoms with Gasteiger partial charge in [-0.25, -0.2) is 0 Å². The van der Waals surface area contributed by atoms with E-state index >= 15 is 0 Å². The lowest BCUT2D eigenvalue weighted by Crippen LogP contribution is -2.16. The van der Waals surface area contributed by atoms with E-state index in [1.54, 1.807) is 43.3 Å². The van der Waals surface area contributed by atoms with E-state index in [1.165, 1.54) is 4.57 Å². The number of nitrogens with two attached hydrogens (primary N) is 1. The van der Waals surface area contributed by atoms with Gasteiger partial charge in [-0.05, 0) is 31.2 Å². The Balaban J connectivity index is 2.29. The minimum Gasteiger partial charge on any atom is -0.366 e. The number of carbonyl (C=O) groups is 2. The molecule has 0 saturated heterocycles. The van der Waals surface area contributed by atoms with E-state index in [2.05, 4.69) is 0 Å². The summed E-state index contributed by atoms with van der Waals surface area (Å²) in [5.74, 6) is -0.796. The third kappa shape index (κ3) is 2.18. The maximum absolute atomic E-state index is 12.8. The first-order chi connectivity index (χ1) is 10.5. The Labute approximate surface area is 132 Å². The van der Waals surface area contributed by atoms with Crippen LogP contribution in [0.2, 0.25) is 5.02 Å². The zero-order valence-electron chi connectivity index (χ0n) is 11.8. The van der Waals surface area contributed by atoms with Gasteiger partial charge in [0.1, 0.15) is 0 Å². The Bertz CT molecular complexity index is 912. The second-order valence-corrected chi connectivity index (χ2v) is 5.43. The molecule has 0 aliphatic rings. The molecular weight excluding hydrogens is 300 g/mol. The molecule has 0 aliphatic carbocycles. The predicted molar refractivity (Wildman–Crippen MR) is 86.4 cm³/mol. The molecule has 2 N–H and O–H groups in total. The monoisotopic (exact) mass is 312 g/mol. The van der Waals surface area contributed by atoms with E-state index in [0.717, 1.165) is 0 Å². The molecule has 3 aromatic rings. The second-order valence-electron chi connectivity index (χ2n) is 4.99. The summed E-state index contributed by atoms with van der Waals surface area (Å²) in [6.07, 6.45) is 0. The number of amides is 1. The summed E-state index contributed by atoms with van der Waals surface area (Å²) in [7, 11) is 0. The van der Waals surface area contributed by atoms with E-state index in [1.807, 2.05) is 12.1 Å². The summed E-state index contributed by atoms with van der Waals surface area (Å²) >= 11 is 5.95. The van der Waals surface area contributed by atoms with Gasteiger partial charge >= 0.3 is 0 Å². The number of hydrogen-bond acceptors (Lipinski definition) is 2. The quantitative estimate of drug-likeness (QED) is 0.788. The van der Waals surface area contributed by atoms with Crippen LogP contribution in [0.5, 0.6) is 0 Å². The third-order valence-electron chi connectivity index (χ3n) is 3.63. The first kappa shape index (κ1) is 14.4. The van der Waals surface area contributed by atoms with E-state index < -0.39 is 5.91 Å². The van der Waals surface area contributed by atoms with Crippen molar-refractivity contribution in [3.05, 3.63) is 70.4 Å². The standard InChI is InChI=1S/C17H13ClN2O2/c1-10-15(16(19)21)13-7-2-3-8-14(13)20(10)17(22)11-5-4-6-12(18)9-11/h2-9H,1H3,(H2,19,21). The minimum atomic E-state index is -0.550. The smallest absolute Gasteiger partial charge is 0.262 e. The molecule has 4 nitrogen and oxygen atoms in total. The lowest BCUT2D eigenvalue weighted by molar-refractivity contribution is 0.0963. The molecule has 0 bridgehead atoms. The predicted octanol–water partition coefficient (Wildman–Crippen LogP) is 3.39. The number of rotatable bonds is 2. The van der Waals surface area contributed by atoms with Crippen LogP contribution in [0.25, 0.3) is 10.9 Å². The van der Waals surface area contributed by atoms with E-state index in [-0.39, 0.29) is 5.91 Å². The molecule has 1 aromatic heterocycles. The van der Waals surface area contributed by atoms with Crippen molar-refractivity contribution < 1.29 is 9.59 Å². The Morgan fingerprint density at radius 2 is 1.82 bits per heavy atom. The maximum atomic E-state index is 12.8. The van der Waals surface area contributed by atoms with Crippen molar-refractivity contribution in [2.24, 2.45) is 5.73 Å². The van der Waals surface area contributed by atoms with Gasteiger partial charge in [-0.2, -0.15) is 0 Å². The Hall–Kier alpha value is -2.59. The van der Waals surface area contributed by atoms with Crippen LogP contribution in [0.4, 0.5) is 0 Å².